The highest BCUT2D eigenvalue weighted by molar-refractivity contribution is 5.78. The van der Waals surface area contributed by atoms with Gasteiger partial charge in [-0.05, 0) is 25.5 Å². The summed E-state index contributed by atoms with van der Waals surface area (Å²) in [7, 11) is 0. The van der Waals surface area contributed by atoms with Gasteiger partial charge in [-0.1, -0.05) is 29.8 Å². The molecule has 1 heterocycles. The Morgan fingerprint density at radius 1 is 1.35 bits per heavy atom. The van der Waals surface area contributed by atoms with Crippen molar-refractivity contribution in [1.29, 1.82) is 0 Å². The minimum Gasteiger partial charge on any atom is -0.481 e. The standard InChI is InChI=1S/C15H20N2O3/c1-11-2-4-12(5-3-11)8-16-14(18)10-17-7-6-13(9-17)15(19)20/h2-5,13H,6-10H2,1H3,(H,16,18)(H,19,20). The molecule has 1 unspecified atom stereocenters. The van der Waals surface area contributed by atoms with Gasteiger partial charge in [-0.2, -0.15) is 0 Å². The zero-order valence-electron chi connectivity index (χ0n) is 11.6. The minimum absolute atomic E-state index is 0.0587. The van der Waals surface area contributed by atoms with E-state index in [-0.39, 0.29) is 18.4 Å². The number of carboxylic acids is 1. The van der Waals surface area contributed by atoms with Gasteiger partial charge in [0.05, 0.1) is 12.5 Å². The Kier molecular flexibility index (Phi) is 4.74. The molecule has 1 aromatic carbocycles. The van der Waals surface area contributed by atoms with E-state index in [0.29, 0.717) is 26.1 Å². The Bertz CT molecular complexity index is 484. The van der Waals surface area contributed by atoms with Crippen LogP contribution >= 0.6 is 0 Å². The lowest BCUT2D eigenvalue weighted by atomic mass is 10.1. The van der Waals surface area contributed by atoms with Gasteiger partial charge in [-0.15, -0.1) is 0 Å². The maximum Gasteiger partial charge on any atom is 0.307 e. The summed E-state index contributed by atoms with van der Waals surface area (Å²) in [4.78, 5) is 24.6. The summed E-state index contributed by atoms with van der Waals surface area (Å²) < 4.78 is 0. The molecule has 5 nitrogen and oxygen atoms in total. The first-order chi connectivity index (χ1) is 9.54. The van der Waals surface area contributed by atoms with Crippen molar-refractivity contribution in [2.45, 2.75) is 19.9 Å². The summed E-state index contributed by atoms with van der Waals surface area (Å²) in [6.07, 6.45) is 0.626. The van der Waals surface area contributed by atoms with Crippen LogP contribution in [0.15, 0.2) is 24.3 Å². The Labute approximate surface area is 118 Å². The zero-order valence-corrected chi connectivity index (χ0v) is 11.6. The minimum atomic E-state index is -0.771. The molecule has 0 aromatic heterocycles. The number of carbonyl (C=O) groups excluding carboxylic acids is 1. The van der Waals surface area contributed by atoms with Crippen LogP contribution in [0.5, 0.6) is 0 Å². The average Bonchev–Trinajstić information content (AvgIpc) is 2.87. The van der Waals surface area contributed by atoms with E-state index in [1.54, 1.807) is 0 Å². The molecule has 0 spiro atoms. The monoisotopic (exact) mass is 276 g/mol. The van der Waals surface area contributed by atoms with Gasteiger partial charge in [0, 0.05) is 13.1 Å². The Morgan fingerprint density at radius 2 is 2.05 bits per heavy atom. The van der Waals surface area contributed by atoms with E-state index in [9.17, 15) is 9.59 Å². The molecule has 1 saturated heterocycles. The number of benzene rings is 1. The number of aryl methyl sites for hydroxylation is 1. The van der Waals surface area contributed by atoms with Crippen LogP contribution in [0.4, 0.5) is 0 Å². The summed E-state index contributed by atoms with van der Waals surface area (Å²) in [6.45, 7) is 3.95. The molecule has 1 aliphatic rings. The van der Waals surface area contributed by atoms with Crippen LogP contribution in [0.3, 0.4) is 0 Å². The van der Waals surface area contributed by atoms with Crippen molar-refractivity contribution in [3.63, 3.8) is 0 Å². The van der Waals surface area contributed by atoms with Crippen molar-refractivity contribution >= 4 is 11.9 Å². The topological polar surface area (TPSA) is 69.6 Å². The fraction of sp³-hybridized carbons (Fsp3) is 0.467. The molecule has 2 N–H and O–H groups in total. The van der Waals surface area contributed by atoms with Gasteiger partial charge < -0.3 is 10.4 Å². The van der Waals surface area contributed by atoms with Gasteiger partial charge in [-0.3, -0.25) is 14.5 Å². The van der Waals surface area contributed by atoms with Crippen LogP contribution in [0.25, 0.3) is 0 Å². The van der Waals surface area contributed by atoms with E-state index in [0.717, 1.165) is 5.56 Å². The van der Waals surface area contributed by atoms with Crippen LogP contribution in [-0.4, -0.2) is 41.5 Å². The first-order valence-corrected chi connectivity index (χ1v) is 6.82. The second-order valence-electron chi connectivity index (χ2n) is 5.32. The highest BCUT2D eigenvalue weighted by Crippen LogP contribution is 2.15. The Morgan fingerprint density at radius 3 is 2.65 bits per heavy atom. The molecule has 1 aromatic rings. The molecule has 0 bridgehead atoms. The van der Waals surface area contributed by atoms with Crippen LogP contribution in [-0.2, 0) is 16.1 Å². The highest BCUT2D eigenvalue weighted by atomic mass is 16.4. The van der Waals surface area contributed by atoms with Crippen LogP contribution in [0.2, 0.25) is 0 Å². The number of nitrogens with zero attached hydrogens (tertiary/aromatic N) is 1. The summed E-state index contributed by atoms with van der Waals surface area (Å²) in [6, 6.07) is 8.01. The number of carbonyl (C=O) groups is 2. The van der Waals surface area contributed by atoms with Crippen molar-refractivity contribution < 1.29 is 14.7 Å². The number of hydrogen-bond donors (Lipinski definition) is 2. The summed E-state index contributed by atoms with van der Waals surface area (Å²) in [5.74, 6) is -1.16. The third-order valence-electron chi connectivity index (χ3n) is 3.60. The Balaban J connectivity index is 1.73. The SMILES string of the molecule is Cc1ccc(CNC(=O)CN2CCC(C(=O)O)C2)cc1. The molecule has 108 valence electrons. The van der Waals surface area contributed by atoms with Gasteiger partial charge in [0.25, 0.3) is 0 Å². The summed E-state index contributed by atoms with van der Waals surface area (Å²) >= 11 is 0. The van der Waals surface area contributed by atoms with E-state index in [1.165, 1.54) is 5.56 Å². The van der Waals surface area contributed by atoms with E-state index < -0.39 is 5.97 Å². The quantitative estimate of drug-likeness (QED) is 0.842. The number of amides is 1. The predicted molar refractivity (Wildman–Crippen MR) is 75.2 cm³/mol. The number of hydrogen-bond acceptors (Lipinski definition) is 3. The fourth-order valence-corrected chi connectivity index (χ4v) is 2.34. The molecule has 2 rings (SSSR count). The smallest absolute Gasteiger partial charge is 0.307 e. The lowest BCUT2D eigenvalue weighted by Gasteiger charge is -2.14. The third kappa shape index (κ3) is 4.06. The van der Waals surface area contributed by atoms with Gasteiger partial charge in [-0.25, -0.2) is 0 Å². The van der Waals surface area contributed by atoms with Gasteiger partial charge in [0.2, 0.25) is 5.91 Å². The molecule has 0 aliphatic carbocycles. The van der Waals surface area contributed by atoms with Crippen molar-refractivity contribution in [3.05, 3.63) is 35.4 Å². The van der Waals surface area contributed by atoms with Crippen LogP contribution < -0.4 is 5.32 Å². The number of rotatable bonds is 5. The molecule has 5 heteroatoms. The second-order valence-corrected chi connectivity index (χ2v) is 5.32. The van der Waals surface area contributed by atoms with E-state index in [2.05, 4.69) is 5.32 Å². The number of aliphatic carboxylic acids is 1. The maximum absolute atomic E-state index is 11.8. The van der Waals surface area contributed by atoms with Gasteiger partial charge in [0.1, 0.15) is 0 Å². The zero-order chi connectivity index (χ0) is 14.5. The molecule has 1 amide bonds. The highest BCUT2D eigenvalue weighted by Gasteiger charge is 2.28. The molecule has 1 atom stereocenters. The lowest BCUT2D eigenvalue weighted by Crippen LogP contribution is -2.36. The van der Waals surface area contributed by atoms with Crippen LogP contribution in [0.1, 0.15) is 17.5 Å². The first kappa shape index (κ1) is 14.5. The molecule has 0 saturated carbocycles. The number of likely N-dealkylation sites (tertiary alicyclic amines) is 1. The third-order valence-corrected chi connectivity index (χ3v) is 3.60. The fourth-order valence-electron chi connectivity index (χ4n) is 2.34. The summed E-state index contributed by atoms with van der Waals surface area (Å²) in [5.41, 5.74) is 2.26. The largest absolute Gasteiger partial charge is 0.481 e. The van der Waals surface area contributed by atoms with E-state index >= 15 is 0 Å². The normalized spacial score (nSPS) is 18.9. The van der Waals surface area contributed by atoms with Gasteiger partial charge in [0.15, 0.2) is 0 Å². The van der Waals surface area contributed by atoms with E-state index in [4.69, 9.17) is 5.11 Å². The molecule has 1 aliphatic heterocycles. The molecular weight excluding hydrogens is 256 g/mol. The maximum atomic E-state index is 11.8. The number of nitrogens with one attached hydrogen (secondary N) is 1. The molecule has 0 radical (unpaired) electrons. The van der Waals surface area contributed by atoms with Crippen molar-refractivity contribution in [2.24, 2.45) is 5.92 Å². The second kappa shape index (κ2) is 6.52. The van der Waals surface area contributed by atoms with Crippen molar-refractivity contribution in [2.75, 3.05) is 19.6 Å². The van der Waals surface area contributed by atoms with Crippen LogP contribution in [0, 0.1) is 12.8 Å². The summed E-state index contributed by atoms with van der Waals surface area (Å²) in [5, 5.41) is 11.8. The number of carboxylic acid groups (broad SMARTS) is 1. The molecule has 1 fully saturated rings. The molecule has 20 heavy (non-hydrogen) atoms. The average molecular weight is 276 g/mol. The van der Waals surface area contributed by atoms with Gasteiger partial charge >= 0.3 is 5.97 Å². The van der Waals surface area contributed by atoms with Crippen molar-refractivity contribution in [1.82, 2.24) is 10.2 Å². The lowest BCUT2D eigenvalue weighted by molar-refractivity contribution is -0.141. The Hall–Kier alpha value is -1.88. The van der Waals surface area contributed by atoms with E-state index in [1.807, 2.05) is 36.1 Å². The predicted octanol–water partition coefficient (Wildman–Crippen LogP) is 1.02. The van der Waals surface area contributed by atoms with Crippen molar-refractivity contribution in [3.8, 4) is 0 Å². The first-order valence-electron chi connectivity index (χ1n) is 6.82. The molecular formula is C15H20N2O3.